The molecule has 1 N–H and O–H groups in total. The van der Waals surface area contributed by atoms with Crippen LogP contribution in [0, 0.1) is 31.4 Å². The Hall–Kier alpha value is -3.35. The van der Waals surface area contributed by atoms with E-state index in [1.165, 1.54) is 0 Å². The Morgan fingerprint density at radius 2 is 1.87 bits per heavy atom. The zero-order valence-electron chi connectivity index (χ0n) is 16.7. The molecule has 2 atom stereocenters. The lowest BCUT2D eigenvalue weighted by atomic mass is 9.93. The van der Waals surface area contributed by atoms with Gasteiger partial charge in [0.1, 0.15) is 17.5 Å². The summed E-state index contributed by atoms with van der Waals surface area (Å²) >= 11 is 0. The molecule has 1 aliphatic carbocycles. The fourth-order valence-electron chi connectivity index (χ4n) is 3.76. The van der Waals surface area contributed by atoms with Gasteiger partial charge in [0, 0.05) is 17.2 Å². The molecule has 0 saturated heterocycles. The number of ether oxygens (including phenoxy) is 1. The molecule has 0 bridgehead atoms. The number of hydrogen-bond donors (Lipinski definition) is 1. The van der Waals surface area contributed by atoms with Gasteiger partial charge in [-0.1, -0.05) is 30.3 Å². The lowest BCUT2D eigenvalue weighted by Crippen LogP contribution is -2.26. The van der Waals surface area contributed by atoms with Gasteiger partial charge in [-0.15, -0.1) is 0 Å². The summed E-state index contributed by atoms with van der Waals surface area (Å²) in [6.07, 6.45) is 2.19. The Morgan fingerprint density at radius 3 is 2.53 bits per heavy atom. The predicted octanol–water partition coefficient (Wildman–Crippen LogP) is 4.35. The lowest BCUT2D eigenvalue weighted by molar-refractivity contribution is -0.117. The van der Waals surface area contributed by atoms with Gasteiger partial charge in [0.05, 0.1) is 24.4 Å². The van der Waals surface area contributed by atoms with Crippen LogP contribution in [0.1, 0.15) is 23.5 Å². The Kier molecular flexibility index (Phi) is 5.20. The third kappa shape index (κ3) is 4.01. The minimum atomic E-state index is -0.742. The summed E-state index contributed by atoms with van der Waals surface area (Å²) in [5.74, 6) is -0.956. The van der Waals surface area contributed by atoms with E-state index in [1.807, 2.05) is 37.3 Å². The van der Waals surface area contributed by atoms with Crippen LogP contribution >= 0.6 is 0 Å². The predicted molar refractivity (Wildman–Crippen MR) is 108 cm³/mol. The van der Waals surface area contributed by atoms with Crippen LogP contribution in [0.25, 0.3) is 0 Å². The molecule has 0 radical (unpaired) electrons. The number of aryl methyl sites for hydroxylation is 2. The molecule has 7 heteroatoms. The van der Waals surface area contributed by atoms with Crippen molar-refractivity contribution in [3.63, 3.8) is 0 Å². The summed E-state index contributed by atoms with van der Waals surface area (Å²) in [4.78, 5) is 21.4. The van der Waals surface area contributed by atoms with Crippen LogP contribution in [0.15, 0.2) is 54.7 Å². The summed E-state index contributed by atoms with van der Waals surface area (Å²) in [5, 5.41) is 2.63. The van der Waals surface area contributed by atoms with Crippen LogP contribution in [0.5, 0.6) is 5.75 Å². The number of benzene rings is 2. The summed E-state index contributed by atoms with van der Waals surface area (Å²) in [5.41, 5.74) is 1.26. The van der Waals surface area contributed by atoms with Crippen LogP contribution in [0.2, 0.25) is 0 Å². The summed E-state index contributed by atoms with van der Waals surface area (Å²) < 4.78 is 32.9. The monoisotopic (exact) mass is 409 g/mol. The van der Waals surface area contributed by atoms with E-state index in [4.69, 9.17) is 4.74 Å². The molecule has 0 unspecified atom stereocenters. The van der Waals surface area contributed by atoms with E-state index in [2.05, 4.69) is 15.3 Å². The average Bonchev–Trinajstić information content (AvgIpc) is 3.43. The maximum Gasteiger partial charge on any atom is 0.228 e. The highest BCUT2D eigenvalue weighted by atomic mass is 19.1. The number of carbonyl (C=O) groups is 1. The number of amides is 1. The second kappa shape index (κ2) is 7.82. The van der Waals surface area contributed by atoms with Gasteiger partial charge >= 0.3 is 0 Å². The van der Waals surface area contributed by atoms with Crippen LogP contribution < -0.4 is 10.1 Å². The van der Waals surface area contributed by atoms with Crippen molar-refractivity contribution in [2.24, 2.45) is 5.92 Å². The van der Waals surface area contributed by atoms with Crippen LogP contribution in [-0.2, 0) is 10.2 Å². The molecular formula is C23H21F2N3O2. The second-order valence-corrected chi connectivity index (χ2v) is 7.58. The second-order valence-electron chi connectivity index (χ2n) is 7.58. The van der Waals surface area contributed by atoms with Crippen molar-refractivity contribution in [2.45, 2.75) is 25.7 Å². The van der Waals surface area contributed by atoms with Crippen molar-refractivity contribution in [2.75, 3.05) is 11.9 Å². The van der Waals surface area contributed by atoms with Crippen molar-refractivity contribution in [1.29, 1.82) is 0 Å². The van der Waals surface area contributed by atoms with Crippen LogP contribution in [-0.4, -0.2) is 22.5 Å². The molecule has 0 spiro atoms. The topological polar surface area (TPSA) is 64.1 Å². The Labute approximate surface area is 173 Å². The average molecular weight is 409 g/mol. The number of hydrogen-bond acceptors (Lipinski definition) is 4. The first-order valence-electron chi connectivity index (χ1n) is 9.63. The SMILES string of the molecule is Cc1ncc(OC[C@@]2(c3ccccc3)C[C@H]2C(=O)Nc2cc(F)cc(F)c2)c(C)n1. The number of aromatic nitrogens is 2. The maximum absolute atomic E-state index is 13.5. The Bertz CT molecular complexity index is 1070. The molecule has 1 saturated carbocycles. The van der Waals surface area contributed by atoms with Gasteiger partial charge in [0.15, 0.2) is 5.75 Å². The number of carbonyl (C=O) groups excluding carboxylic acids is 1. The van der Waals surface area contributed by atoms with E-state index in [0.717, 1.165) is 29.5 Å². The number of halogens is 2. The molecule has 3 aromatic rings. The lowest BCUT2D eigenvalue weighted by Gasteiger charge is -2.19. The normalized spacial score (nSPS) is 19.9. The van der Waals surface area contributed by atoms with Gasteiger partial charge in [-0.25, -0.2) is 18.7 Å². The van der Waals surface area contributed by atoms with Crippen molar-refractivity contribution >= 4 is 11.6 Å². The highest BCUT2D eigenvalue weighted by Gasteiger charge is 2.60. The summed E-state index contributed by atoms with van der Waals surface area (Å²) in [6, 6.07) is 12.6. The first-order chi connectivity index (χ1) is 14.4. The minimum Gasteiger partial charge on any atom is -0.489 e. The highest BCUT2D eigenvalue weighted by molar-refractivity contribution is 5.96. The van der Waals surface area contributed by atoms with E-state index in [9.17, 15) is 13.6 Å². The van der Waals surface area contributed by atoms with Gasteiger partial charge in [-0.2, -0.15) is 0 Å². The van der Waals surface area contributed by atoms with Gasteiger partial charge < -0.3 is 10.1 Å². The van der Waals surface area contributed by atoms with Crippen LogP contribution in [0.3, 0.4) is 0 Å². The first-order valence-corrected chi connectivity index (χ1v) is 9.63. The van der Waals surface area contributed by atoms with E-state index in [1.54, 1.807) is 13.1 Å². The van der Waals surface area contributed by atoms with Gasteiger partial charge in [-0.05, 0) is 38.0 Å². The molecule has 1 fully saturated rings. The number of rotatable bonds is 6. The molecular weight excluding hydrogens is 388 g/mol. The third-order valence-corrected chi connectivity index (χ3v) is 5.41. The van der Waals surface area contributed by atoms with E-state index < -0.39 is 23.0 Å². The smallest absolute Gasteiger partial charge is 0.228 e. The van der Waals surface area contributed by atoms with Crippen molar-refractivity contribution in [3.8, 4) is 5.75 Å². The number of anilines is 1. The molecule has 4 rings (SSSR count). The van der Waals surface area contributed by atoms with E-state index in [-0.39, 0.29) is 18.2 Å². The summed E-state index contributed by atoms with van der Waals surface area (Å²) in [7, 11) is 0. The molecule has 5 nitrogen and oxygen atoms in total. The zero-order valence-corrected chi connectivity index (χ0v) is 16.7. The first kappa shape index (κ1) is 19.9. The Balaban J connectivity index is 1.55. The fraction of sp³-hybridized carbons (Fsp3) is 0.261. The van der Waals surface area contributed by atoms with E-state index >= 15 is 0 Å². The zero-order chi connectivity index (χ0) is 21.3. The molecule has 2 aromatic carbocycles. The molecule has 1 amide bonds. The standard InChI is InChI=1S/C23H21F2N3O2/c1-14-21(12-26-15(2)27-14)30-13-23(16-6-4-3-5-7-16)11-20(23)22(29)28-19-9-17(24)8-18(25)10-19/h3-10,12,20H,11,13H2,1-2H3,(H,28,29)/t20-,23+/m0/s1. The minimum absolute atomic E-state index is 0.0926. The molecule has 30 heavy (non-hydrogen) atoms. The molecule has 1 heterocycles. The van der Waals surface area contributed by atoms with E-state index in [0.29, 0.717) is 18.0 Å². The molecule has 154 valence electrons. The number of nitrogens with zero attached hydrogens (tertiary/aromatic N) is 2. The quantitative estimate of drug-likeness (QED) is 0.658. The number of nitrogens with one attached hydrogen (secondary N) is 1. The molecule has 0 aliphatic heterocycles. The van der Waals surface area contributed by atoms with Gasteiger partial charge in [-0.3, -0.25) is 4.79 Å². The molecule has 1 aliphatic rings. The van der Waals surface area contributed by atoms with Gasteiger partial charge in [0.2, 0.25) is 5.91 Å². The Morgan fingerprint density at radius 1 is 1.17 bits per heavy atom. The fourth-order valence-corrected chi connectivity index (χ4v) is 3.76. The van der Waals surface area contributed by atoms with Gasteiger partial charge in [0.25, 0.3) is 0 Å². The van der Waals surface area contributed by atoms with Crippen molar-refractivity contribution in [1.82, 2.24) is 9.97 Å². The maximum atomic E-state index is 13.5. The third-order valence-electron chi connectivity index (χ3n) is 5.41. The highest BCUT2D eigenvalue weighted by Crippen LogP contribution is 2.55. The van der Waals surface area contributed by atoms with Crippen molar-refractivity contribution in [3.05, 3.63) is 83.4 Å². The van der Waals surface area contributed by atoms with Crippen molar-refractivity contribution < 1.29 is 18.3 Å². The van der Waals surface area contributed by atoms with Crippen LogP contribution in [0.4, 0.5) is 14.5 Å². The molecule has 1 aromatic heterocycles. The summed E-state index contributed by atoms with van der Waals surface area (Å²) in [6.45, 7) is 3.91. The largest absolute Gasteiger partial charge is 0.489 e.